The van der Waals surface area contributed by atoms with Crippen LogP contribution in [0.1, 0.15) is 58.1 Å². The van der Waals surface area contributed by atoms with E-state index in [1.54, 1.807) is 13.8 Å². The molecule has 0 aliphatic carbocycles. The van der Waals surface area contributed by atoms with Gasteiger partial charge in [0.05, 0.1) is 31.9 Å². The van der Waals surface area contributed by atoms with Gasteiger partial charge in [0.2, 0.25) is 35.4 Å². The Bertz CT molecular complexity index is 1890. The monoisotopic (exact) mass is 900 g/mol. The van der Waals surface area contributed by atoms with Gasteiger partial charge in [0.15, 0.2) is 11.7 Å². The van der Waals surface area contributed by atoms with Crippen molar-refractivity contribution in [3.8, 4) is 11.5 Å². The number of ketones is 1. The van der Waals surface area contributed by atoms with Crippen LogP contribution in [0.15, 0.2) is 53.5 Å². The van der Waals surface area contributed by atoms with Crippen LogP contribution < -0.4 is 49.1 Å². The number of hydrogen-bond donors (Lipinski definition) is 14. The molecule has 0 heterocycles. The van der Waals surface area contributed by atoms with E-state index in [1.807, 2.05) is 13.8 Å². The number of aliphatic imine (C=N–C) groups is 1. The molecule has 0 aliphatic heterocycles. The number of aliphatic hydroxyl groups excluding tert-OH is 3. The Morgan fingerprint density at radius 3 is 1.23 bits per heavy atom. The third kappa shape index (κ3) is 18.5. The normalized spacial score (nSPS) is 14.4. The van der Waals surface area contributed by atoms with Crippen LogP contribution in [0.2, 0.25) is 0 Å². The predicted molar refractivity (Wildman–Crippen MR) is 234 cm³/mol. The number of nitrogens with two attached hydrogens (primary N) is 3. The lowest BCUT2D eigenvalue weighted by molar-refractivity contribution is -0.136. The smallest absolute Gasteiger partial charge is 0.245 e. The van der Waals surface area contributed by atoms with Gasteiger partial charge in [-0.1, -0.05) is 52.0 Å². The van der Waals surface area contributed by atoms with Crippen molar-refractivity contribution in [1.82, 2.24) is 31.9 Å². The summed E-state index contributed by atoms with van der Waals surface area (Å²) in [6.45, 7) is 4.43. The Labute approximate surface area is 371 Å². The van der Waals surface area contributed by atoms with E-state index < -0.39 is 103 Å². The maximum absolute atomic E-state index is 14.2. The number of phenols is 2. The average Bonchev–Trinajstić information content (AvgIpc) is 3.24. The molecule has 0 bridgehead atoms. The predicted octanol–water partition coefficient (Wildman–Crippen LogP) is -3.58. The molecular formula is C42H64N10O12. The molecule has 0 saturated carbocycles. The molecule has 2 aromatic rings. The van der Waals surface area contributed by atoms with Crippen molar-refractivity contribution < 1.29 is 59.1 Å². The van der Waals surface area contributed by atoms with Crippen molar-refractivity contribution >= 4 is 47.2 Å². The van der Waals surface area contributed by atoms with E-state index in [-0.39, 0.29) is 55.0 Å². The fourth-order valence-corrected chi connectivity index (χ4v) is 6.15. The van der Waals surface area contributed by atoms with Crippen molar-refractivity contribution in [2.45, 2.75) is 102 Å². The van der Waals surface area contributed by atoms with E-state index in [2.05, 4.69) is 36.9 Å². The summed E-state index contributed by atoms with van der Waals surface area (Å²) in [7, 11) is 0. The summed E-state index contributed by atoms with van der Waals surface area (Å²) in [5.41, 5.74) is 17.3. The molecule has 17 N–H and O–H groups in total. The van der Waals surface area contributed by atoms with E-state index in [0.717, 1.165) is 0 Å². The highest BCUT2D eigenvalue weighted by atomic mass is 16.3. The van der Waals surface area contributed by atoms with Crippen LogP contribution in [0.25, 0.3) is 0 Å². The molecule has 2 aromatic carbocycles. The second kappa shape index (κ2) is 27.0. The number of guanidine groups is 1. The van der Waals surface area contributed by atoms with E-state index in [0.29, 0.717) is 24.0 Å². The number of nitrogens with one attached hydrogen (secondary N) is 6. The topological polar surface area (TPSA) is 383 Å². The summed E-state index contributed by atoms with van der Waals surface area (Å²) in [5, 5.41) is 64.5. The first-order valence-electron chi connectivity index (χ1n) is 20.7. The van der Waals surface area contributed by atoms with Crippen molar-refractivity contribution in [3.63, 3.8) is 0 Å². The third-order valence-corrected chi connectivity index (χ3v) is 9.71. The molecule has 0 radical (unpaired) electrons. The van der Waals surface area contributed by atoms with Gasteiger partial charge >= 0.3 is 0 Å². The average molecular weight is 901 g/mol. The van der Waals surface area contributed by atoms with Gasteiger partial charge in [-0.15, -0.1) is 0 Å². The quantitative estimate of drug-likeness (QED) is 0.0234. The first-order valence-corrected chi connectivity index (χ1v) is 20.7. The molecule has 0 aromatic heterocycles. The van der Waals surface area contributed by atoms with Crippen molar-refractivity contribution in [1.29, 1.82) is 0 Å². The lowest BCUT2D eigenvalue weighted by Crippen LogP contribution is -2.61. The highest BCUT2D eigenvalue weighted by Gasteiger charge is 2.34. The molecular weight excluding hydrogens is 837 g/mol. The number of aliphatic hydroxyl groups is 3. The Balaban J connectivity index is 2.37. The minimum atomic E-state index is -1.75. The summed E-state index contributed by atoms with van der Waals surface area (Å²) in [5.74, 6) is -6.79. The molecule has 6 amide bonds. The molecule has 0 spiro atoms. The number of nitrogens with zero attached hydrogens (tertiary/aromatic N) is 1. The standard InChI is InChI=1S/C42H64N10O12/c1-22(2)16-29(35(58)23(3)4)47-39(62)33(20-54)51-38(61)31(18-25-9-13-27(57)14-10-25)48-37(60)30(17-24-7-11-26(56)12-8-24)49-40(63)34(21-55)52-41(64)32(19-53)50-36(59)28(43)6-5-15-46-42(44)45/h7-14,22-23,28-34,53-57H,5-6,15-21,43H2,1-4H3,(H,47,62)(H,48,60)(H,49,63)(H,50,59)(H,51,61)(H,52,64)(H4,44,45,46)/t28-,29-,30-,31-,32-,33-,34-/m1/s1. The van der Waals surface area contributed by atoms with E-state index in [4.69, 9.17) is 17.2 Å². The van der Waals surface area contributed by atoms with Crippen molar-refractivity contribution in [2.24, 2.45) is 34.0 Å². The maximum atomic E-state index is 14.2. The summed E-state index contributed by atoms with van der Waals surface area (Å²) >= 11 is 0. The fraction of sp³-hybridized carbons (Fsp3) is 0.524. The largest absolute Gasteiger partial charge is 0.508 e. The number of carbonyl (C=O) groups excluding carboxylic acids is 7. The molecule has 0 unspecified atom stereocenters. The first-order chi connectivity index (χ1) is 30.2. The van der Waals surface area contributed by atoms with Crippen LogP contribution in [0, 0.1) is 11.8 Å². The first kappa shape index (κ1) is 53.8. The zero-order valence-electron chi connectivity index (χ0n) is 36.5. The molecule has 0 aliphatic rings. The molecule has 354 valence electrons. The highest BCUT2D eigenvalue weighted by Crippen LogP contribution is 2.15. The number of Topliss-reactive ketones (excluding diaryl/α,β-unsaturated/α-hetero) is 1. The maximum Gasteiger partial charge on any atom is 0.245 e. The Morgan fingerprint density at radius 1 is 0.547 bits per heavy atom. The second-order valence-corrected chi connectivity index (χ2v) is 15.9. The molecule has 0 fully saturated rings. The number of aromatic hydroxyl groups is 2. The lowest BCUT2D eigenvalue weighted by atomic mass is 9.94. The van der Waals surface area contributed by atoms with Crippen LogP contribution in [0.5, 0.6) is 11.5 Å². The molecule has 7 atom stereocenters. The molecule has 2 rings (SSSR count). The zero-order valence-corrected chi connectivity index (χ0v) is 36.5. The SMILES string of the molecule is CC(C)C[C@@H](NC(=O)[C@@H](CO)NC(=O)[C@@H](Cc1ccc(O)cc1)NC(=O)[C@@H](Cc1ccc(O)cc1)NC(=O)[C@@H](CO)NC(=O)[C@@H](CO)NC(=O)[C@H](N)CCCN=C(N)N)C(=O)C(C)C. The lowest BCUT2D eigenvalue weighted by Gasteiger charge is -2.27. The summed E-state index contributed by atoms with van der Waals surface area (Å²) in [4.78, 5) is 97.7. The summed E-state index contributed by atoms with van der Waals surface area (Å²) in [6, 6.07) is 1.17. The van der Waals surface area contributed by atoms with E-state index in [1.165, 1.54) is 48.5 Å². The molecule has 64 heavy (non-hydrogen) atoms. The van der Waals surface area contributed by atoms with Gasteiger partial charge in [0.1, 0.15) is 41.7 Å². The number of amides is 6. The number of carbonyl (C=O) groups is 7. The van der Waals surface area contributed by atoms with Crippen LogP contribution in [0.3, 0.4) is 0 Å². The number of rotatable bonds is 27. The van der Waals surface area contributed by atoms with Gasteiger partial charge in [0.25, 0.3) is 0 Å². The van der Waals surface area contributed by atoms with Gasteiger partial charge in [-0.3, -0.25) is 38.6 Å². The van der Waals surface area contributed by atoms with Crippen LogP contribution in [-0.4, -0.2) is 141 Å². The highest BCUT2D eigenvalue weighted by molar-refractivity contribution is 5.97. The number of benzene rings is 2. The number of hydrogen-bond acceptors (Lipinski definition) is 14. The Hall–Kier alpha value is -6.36. The minimum absolute atomic E-state index is 0.00792. The van der Waals surface area contributed by atoms with Crippen molar-refractivity contribution in [2.75, 3.05) is 26.4 Å². The Kier molecular flexibility index (Phi) is 22.7. The Morgan fingerprint density at radius 2 is 0.891 bits per heavy atom. The van der Waals surface area contributed by atoms with Crippen LogP contribution in [0.4, 0.5) is 0 Å². The molecule has 22 nitrogen and oxygen atoms in total. The second-order valence-electron chi connectivity index (χ2n) is 15.9. The number of phenolic OH excluding ortho intramolecular Hbond substituents is 2. The minimum Gasteiger partial charge on any atom is -0.508 e. The molecule has 0 saturated heterocycles. The van der Waals surface area contributed by atoms with Crippen LogP contribution in [-0.2, 0) is 46.4 Å². The van der Waals surface area contributed by atoms with Gasteiger partial charge in [-0.25, -0.2) is 0 Å². The van der Waals surface area contributed by atoms with Crippen molar-refractivity contribution in [3.05, 3.63) is 59.7 Å². The zero-order chi connectivity index (χ0) is 48.1. The van der Waals surface area contributed by atoms with Crippen LogP contribution >= 0.6 is 0 Å². The van der Waals surface area contributed by atoms with Gasteiger partial charge < -0.3 is 74.6 Å². The summed E-state index contributed by atoms with van der Waals surface area (Å²) < 4.78 is 0. The van der Waals surface area contributed by atoms with Gasteiger partial charge in [0, 0.05) is 25.3 Å². The van der Waals surface area contributed by atoms with E-state index in [9.17, 15) is 59.1 Å². The van der Waals surface area contributed by atoms with Gasteiger partial charge in [-0.05, 0) is 60.6 Å². The fourth-order valence-electron chi connectivity index (χ4n) is 6.15. The summed E-state index contributed by atoms with van der Waals surface area (Å²) in [6.07, 6.45) is 0.222. The van der Waals surface area contributed by atoms with E-state index >= 15 is 0 Å². The molecule has 22 heteroatoms. The third-order valence-electron chi connectivity index (χ3n) is 9.71. The van der Waals surface area contributed by atoms with Gasteiger partial charge in [-0.2, -0.15) is 0 Å².